The molecule has 0 unspecified atom stereocenters. The highest BCUT2D eigenvalue weighted by atomic mass is 32.3. The monoisotopic (exact) mass is 239 g/mol. The number of rotatable bonds is 6. The fourth-order valence-corrected chi connectivity index (χ4v) is 0.929. The van der Waals surface area contributed by atoms with Gasteiger partial charge in [0.2, 0.25) is 0 Å². The zero-order chi connectivity index (χ0) is 12.3. The van der Waals surface area contributed by atoms with E-state index in [9.17, 15) is 8.42 Å². The van der Waals surface area contributed by atoms with Crippen LogP contribution in [0.15, 0.2) is 12.7 Å². The molecular formula is C9H21NO4S. The molecule has 0 heterocycles. The van der Waals surface area contributed by atoms with Gasteiger partial charge in [-0.15, -0.1) is 6.58 Å². The number of hydrogen-bond acceptors (Lipinski definition) is 5. The molecule has 0 saturated carbocycles. The van der Waals surface area contributed by atoms with E-state index in [0.717, 1.165) is 6.54 Å². The van der Waals surface area contributed by atoms with Crippen molar-refractivity contribution < 1.29 is 16.8 Å². The maximum absolute atomic E-state index is 10.5. The third-order valence-corrected chi connectivity index (χ3v) is 2.17. The zero-order valence-electron chi connectivity index (χ0n) is 9.89. The van der Waals surface area contributed by atoms with Crippen molar-refractivity contribution in [2.24, 2.45) is 0 Å². The van der Waals surface area contributed by atoms with E-state index in [1.807, 2.05) is 0 Å². The molecule has 0 aromatic carbocycles. The van der Waals surface area contributed by atoms with Gasteiger partial charge in [-0.3, -0.25) is 0 Å². The molecule has 0 N–H and O–H groups in total. The van der Waals surface area contributed by atoms with Gasteiger partial charge in [-0.1, -0.05) is 13.0 Å². The van der Waals surface area contributed by atoms with Gasteiger partial charge >= 0.3 is 10.4 Å². The van der Waals surface area contributed by atoms with Crippen molar-refractivity contribution in [1.29, 1.82) is 0 Å². The Balaban J connectivity index is 0. The summed E-state index contributed by atoms with van der Waals surface area (Å²) in [4.78, 5) is 2.12. The summed E-state index contributed by atoms with van der Waals surface area (Å²) in [5, 5.41) is 0. The summed E-state index contributed by atoms with van der Waals surface area (Å²) in [5.41, 5.74) is 0. The minimum Gasteiger partial charge on any atom is -0.310 e. The molecule has 92 valence electrons. The van der Waals surface area contributed by atoms with Gasteiger partial charge in [0.25, 0.3) is 0 Å². The molecule has 0 radical (unpaired) electrons. The van der Waals surface area contributed by atoms with Crippen molar-refractivity contribution >= 4 is 10.4 Å². The van der Waals surface area contributed by atoms with Gasteiger partial charge in [-0.25, -0.2) is 8.37 Å². The molecule has 0 aromatic heterocycles. The largest absolute Gasteiger partial charge is 0.400 e. The van der Waals surface area contributed by atoms with Gasteiger partial charge in [-0.2, -0.15) is 8.42 Å². The lowest BCUT2D eigenvalue weighted by Crippen LogP contribution is -2.09. The van der Waals surface area contributed by atoms with Crippen LogP contribution in [0.2, 0.25) is 0 Å². The van der Waals surface area contributed by atoms with Crippen molar-refractivity contribution in [1.82, 2.24) is 4.90 Å². The second kappa shape index (κ2) is 10.1. The van der Waals surface area contributed by atoms with E-state index in [1.54, 1.807) is 6.92 Å². The molecule has 15 heavy (non-hydrogen) atoms. The highest BCUT2D eigenvalue weighted by Crippen LogP contribution is 1.94. The predicted octanol–water partition coefficient (Wildman–Crippen LogP) is 1.04. The molecule has 6 heteroatoms. The Kier molecular flexibility index (Phi) is 11.4. The Bertz CT molecular complexity index is 236. The number of hydrogen-bond donors (Lipinski definition) is 0. The van der Waals surface area contributed by atoms with Crippen LogP contribution in [0.5, 0.6) is 0 Å². The average Bonchev–Trinajstić information content (AvgIpc) is 2.16. The smallest absolute Gasteiger partial charge is 0.310 e. The molecule has 0 aliphatic carbocycles. The Morgan fingerprint density at radius 3 is 2.00 bits per heavy atom. The molecule has 0 atom stereocenters. The van der Waals surface area contributed by atoms with Gasteiger partial charge in [0.15, 0.2) is 0 Å². The van der Waals surface area contributed by atoms with E-state index in [0.29, 0.717) is 0 Å². The molecule has 0 amide bonds. The molecule has 0 aliphatic heterocycles. The Hall–Kier alpha value is -0.430. The highest BCUT2D eigenvalue weighted by Gasteiger charge is 2.07. The van der Waals surface area contributed by atoms with E-state index < -0.39 is 10.4 Å². The van der Waals surface area contributed by atoms with Crippen LogP contribution in [0.3, 0.4) is 0 Å². The van der Waals surface area contributed by atoms with Crippen LogP contribution >= 0.6 is 0 Å². The Morgan fingerprint density at radius 1 is 1.27 bits per heavy atom. The fraction of sp³-hybridized carbons (Fsp3) is 0.778. The van der Waals surface area contributed by atoms with E-state index in [4.69, 9.17) is 0 Å². The van der Waals surface area contributed by atoms with Crippen molar-refractivity contribution in [3.05, 3.63) is 12.7 Å². The van der Waals surface area contributed by atoms with Crippen molar-refractivity contribution in [2.45, 2.75) is 13.8 Å². The van der Waals surface area contributed by atoms with Crippen molar-refractivity contribution in [3.63, 3.8) is 0 Å². The van der Waals surface area contributed by atoms with Crippen molar-refractivity contribution in [3.8, 4) is 0 Å². The van der Waals surface area contributed by atoms with E-state index in [-0.39, 0.29) is 13.2 Å². The number of nitrogens with zero attached hydrogens (tertiary/aromatic N) is 1. The van der Waals surface area contributed by atoms with Crippen LogP contribution in [-0.2, 0) is 18.8 Å². The first-order valence-electron chi connectivity index (χ1n) is 4.69. The molecule has 0 saturated heterocycles. The normalized spacial score (nSPS) is 10.7. The Morgan fingerprint density at radius 2 is 1.73 bits per heavy atom. The second-order valence-corrected chi connectivity index (χ2v) is 4.07. The predicted molar refractivity (Wildman–Crippen MR) is 60.9 cm³/mol. The lowest BCUT2D eigenvalue weighted by atomic mass is 10.7. The molecule has 0 aliphatic rings. The standard InChI is InChI=1S/C5H10O4S.C4H11N/c1-3-5-9-10(6,7)8-4-2;1-4-5(2)3/h3H,1,4-5H2,2H3;4H2,1-3H3. The maximum Gasteiger partial charge on any atom is 0.400 e. The van der Waals surface area contributed by atoms with Crippen LogP contribution in [-0.4, -0.2) is 47.2 Å². The zero-order valence-corrected chi connectivity index (χ0v) is 10.7. The fourth-order valence-electron chi connectivity index (χ4n) is 0.310. The van der Waals surface area contributed by atoms with Crippen LogP contribution in [0.25, 0.3) is 0 Å². The maximum atomic E-state index is 10.5. The van der Waals surface area contributed by atoms with E-state index in [1.165, 1.54) is 6.08 Å². The lowest BCUT2D eigenvalue weighted by Gasteiger charge is -2.00. The molecule has 0 bridgehead atoms. The highest BCUT2D eigenvalue weighted by molar-refractivity contribution is 7.81. The summed E-state index contributed by atoms with van der Waals surface area (Å²) in [6.07, 6.45) is 1.33. The molecule has 0 rings (SSSR count). The lowest BCUT2D eigenvalue weighted by molar-refractivity contribution is 0.239. The van der Waals surface area contributed by atoms with Crippen LogP contribution in [0, 0.1) is 0 Å². The summed E-state index contributed by atoms with van der Waals surface area (Å²) < 4.78 is 29.5. The van der Waals surface area contributed by atoms with Gasteiger partial charge in [0, 0.05) is 0 Å². The van der Waals surface area contributed by atoms with Crippen LogP contribution in [0.1, 0.15) is 13.8 Å². The average molecular weight is 239 g/mol. The van der Waals surface area contributed by atoms with Crippen molar-refractivity contribution in [2.75, 3.05) is 33.9 Å². The topological polar surface area (TPSA) is 55.8 Å². The SMILES string of the molecule is C=CCOS(=O)(=O)OCC.CCN(C)C. The molecule has 5 nitrogen and oxygen atoms in total. The van der Waals surface area contributed by atoms with E-state index >= 15 is 0 Å². The van der Waals surface area contributed by atoms with Gasteiger partial charge in [-0.05, 0) is 27.6 Å². The molecule has 0 aromatic rings. The summed E-state index contributed by atoms with van der Waals surface area (Å²) in [6.45, 7) is 8.14. The first-order valence-corrected chi connectivity index (χ1v) is 6.02. The molecule has 0 fully saturated rings. The molecular weight excluding hydrogens is 218 g/mol. The minimum atomic E-state index is -3.77. The van der Waals surface area contributed by atoms with Gasteiger partial charge < -0.3 is 4.90 Å². The minimum absolute atomic E-state index is 0.0532. The first kappa shape index (κ1) is 17.0. The molecule has 0 spiro atoms. The van der Waals surface area contributed by atoms with Crippen LogP contribution < -0.4 is 0 Å². The van der Waals surface area contributed by atoms with E-state index in [2.05, 4.69) is 40.9 Å². The van der Waals surface area contributed by atoms with Gasteiger partial charge in [0.1, 0.15) is 0 Å². The summed E-state index contributed by atoms with van der Waals surface area (Å²) in [7, 11) is 0.346. The quantitative estimate of drug-likeness (QED) is 0.648. The second-order valence-electron chi connectivity index (χ2n) is 2.78. The third kappa shape index (κ3) is 16.3. The summed E-state index contributed by atoms with van der Waals surface area (Å²) in [6, 6.07) is 0. The third-order valence-electron chi connectivity index (χ3n) is 1.22. The first-order chi connectivity index (χ1) is 6.89. The summed E-state index contributed by atoms with van der Waals surface area (Å²) >= 11 is 0. The Labute approximate surface area is 93.0 Å². The van der Waals surface area contributed by atoms with Crippen LogP contribution in [0.4, 0.5) is 0 Å². The summed E-state index contributed by atoms with van der Waals surface area (Å²) in [5.74, 6) is 0. The van der Waals surface area contributed by atoms with Gasteiger partial charge in [0.05, 0.1) is 13.2 Å².